The number of aryl methyl sites for hydroxylation is 1. The summed E-state index contributed by atoms with van der Waals surface area (Å²) in [4.78, 5) is 16.9. The van der Waals surface area contributed by atoms with E-state index < -0.39 is 0 Å². The molecule has 1 aromatic heterocycles. The van der Waals surface area contributed by atoms with Crippen LogP contribution in [0.15, 0.2) is 77.4 Å². The zero-order chi connectivity index (χ0) is 22.5. The third-order valence-corrected chi connectivity index (χ3v) is 4.88. The summed E-state index contributed by atoms with van der Waals surface area (Å²) >= 11 is 0. The average molecular weight is 429 g/mol. The molecule has 162 valence electrons. The van der Waals surface area contributed by atoms with E-state index in [0.717, 1.165) is 16.8 Å². The number of aromatic nitrogens is 1. The van der Waals surface area contributed by atoms with Gasteiger partial charge in [-0.25, -0.2) is 9.78 Å². The lowest BCUT2D eigenvalue weighted by Crippen LogP contribution is -2.19. The van der Waals surface area contributed by atoms with Gasteiger partial charge < -0.3 is 24.5 Å². The summed E-state index contributed by atoms with van der Waals surface area (Å²) in [5.41, 5.74) is 4.99. The molecule has 2 N–H and O–H groups in total. The van der Waals surface area contributed by atoms with Crippen LogP contribution in [0.25, 0.3) is 22.7 Å². The average Bonchev–Trinajstić information content (AvgIpc) is 3.30. The molecule has 0 saturated heterocycles. The molecule has 0 aliphatic heterocycles. The highest BCUT2D eigenvalue weighted by Gasteiger charge is 2.10. The number of benzene rings is 3. The number of carbonyl (C=O) groups excluding carboxylic acids is 1. The number of oxazole rings is 1. The molecule has 0 bridgehead atoms. The van der Waals surface area contributed by atoms with Gasteiger partial charge >= 0.3 is 6.03 Å². The molecule has 0 spiro atoms. The highest BCUT2D eigenvalue weighted by molar-refractivity contribution is 6.00. The molecule has 7 heteroatoms. The van der Waals surface area contributed by atoms with E-state index in [1.54, 1.807) is 50.8 Å². The lowest BCUT2D eigenvalue weighted by molar-refractivity contribution is 0.262. The van der Waals surface area contributed by atoms with E-state index in [0.29, 0.717) is 28.8 Å². The van der Waals surface area contributed by atoms with Crippen LogP contribution in [0.3, 0.4) is 0 Å². The number of rotatable bonds is 6. The number of carbonyl (C=O) groups is 1. The Balaban J connectivity index is 1.41. The maximum Gasteiger partial charge on any atom is 0.323 e. The van der Waals surface area contributed by atoms with E-state index in [1.165, 1.54) is 5.56 Å². The first-order valence-electron chi connectivity index (χ1n) is 9.99. The molecular formula is C25H23N3O4. The van der Waals surface area contributed by atoms with E-state index >= 15 is 0 Å². The van der Waals surface area contributed by atoms with Crippen LogP contribution in [0.5, 0.6) is 11.5 Å². The second kappa shape index (κ2) is 9.26. The third kappa shape index (κ3) is 4.73. The topological polar surface area (TPSA) is 85.6 Å². The first-order chi connectivity index (χ1) is 15.6. The Kier molecular flexibility index (Phi) is 6.07. The summed E-state index contributed by atoms with van der Waals surface area (Å²) in [5.74, 6) is 1.64. The van der Waals surface area contributed by atoms with Gasteiger partial charge in [-0.1, -0.05) is 29.8 Å². The molecule has 3 aromatic carbocycles. The number of nitrogens with one attached hydrogen (secondary N) is 2. The van der Waals surface area contributed by atoms with Crippen LogP contribution in [0.4, 0.5) is 16.2 Å². The normalized spacial score (nSPS) is 10.5. The van der Waals surface area contributed by atoms with Gasteiger partial charge in [-0.2, -0.15) is 0 Å². The molecule has 0 fully saturated rings. The number of methoxy groups -OCH3 is 2. The quantitative estimate of drug-likeness (QED) is 0.394. The summed E-state index contributed by atoms with van der Waals surface area (Å²) in [6.45, 7) is 2.04. The highest BCUT2D eigenvalue weighted by Crippen LogP contribution is 2.30. The molecule has 0 atom stereocenters. The summed E-state index contributed by atoms with van der Waals surface area (Å²) in [5, 5.41) is 5.57. The minimum Gasteiger partial charge on any atom is -0.493 e. The molecule has 0 radical (unpaired) electrons. The number of hydrogen-bond acceptors (Lipinski definition) is 5. The molecule has 4 rings (SSSR count). The monoisotopic (exact) mass is 429 g/mol. The second-order valence-electron chi connectivity index (χ2n) is 7.13. The first kappa shape index (κ1) is 21.0. The molecule has 32 heavy (non-hydrogen) atoms. The van der Waals surface area contributed by atoms with Crippen LogP contribution in [0.2, 0.25) is 0 Å². The molecule has 0 saturated carbocycles. The van der Waals surface area contributed by atoms with Gasteiger partial charge in [0.05, 0.1) is 14.2 Å². The maximum absolute atomic E-state index is 12.3. The number of nitrogens with zero attached hydrogens (tertiary/aromatic N) is 1. The van der Waals surface area contributed by atoms with Crippen molar-refractivity contribution < 1.29 is 18.7 Å². The largest absolute Gasteiger partial charge is 0.493 e. The van der Waals surface area contributed by atoms with Crippen LogP contribution in [0, 0.1) is 6.92 Å². The summed E-state index contributed by atoms with van der Waals surface area (Å²) in [7, 11) is 3.10. The van der Waals surface area contributed by atoms with E-state index in [4.69, 9.17) is 13.9 Å². The molecule has 1 heterocycles. The fourth-order valence-electron chi connectivity index (χ4n) is 3.17. The molecule has 7 nitrogen and oxygen atoms in total. The van der Waals surface area contributed by atoms with Gasteiger partial charge in [0.2, 0.25) is 5.89 Å². The third-order valence-electron chi connectivity index (χ3n) is 4.88. The Hall–Kier alpha value is -4.26. The van der Waals surface area contributed by atoms with Crippen LogP contribution in [-0.4, -0.2) is 25.2 Å². The van der Waals surface area contributed by atoms with Gasteiger partial charge in [0.15, 0.2) is 11.5 Å². The molecule has 0 aliphatic rings. The highest BCUT2D eigenvalue weighted by atomic mass is 16.5. The number of ether oxygens (including phenoxy) is 2. The van der Waals surface area contributed by atoms with Crippen molar-refractivity contribution in [2.75, 3.05) is 24.9 Å². The van der Waals surface area contributed by atoms with Gasteiger partial charge in [-0.05, 0) is 43.3 Å². The van der Waals surface area contributed by atoms with Crippen molar-refractivity contribution >= 4 is 17.4 Å². The van der Waals surface area contributed by atoms with Crippen molar-refractivity contribution in [3.05, 3.63) is 78.6 Å². The lowest BCUT2D eigenvalue weighted by Gasteiger charge is -2.11. The molecule has 4 aromatic rings. The van der Waals surface area contributed by atoms with Gasteiger partial charge in [-0.3, -0.25) is 0 Å². The van der Waals surface area contributed by atoms with Crippen molar-refractivity contribution in [2.24, 2.45) is 0 Å². The summed E-state index contributed by atoms with van der Waals surface area (Å²) < 4.78 is 16.1. The summed E-state index contributed by atoms with van der Waals surface area (Å²) in [6, 6.07) is 20.2. The van der Waals surface area contributed by atoms with E-state index in [9.17, 15) is 4.79 Å². The molecule has 0 unspecified atom stereocenters. The fraction of sp³-hybridized carbons (Fsp3) is 0.120. The SMILES string of the molecule is COc1ccc(NC(=O)Nc2ccc(-c3nc(-c4ccc(C)cc4)co3)cc2)cc1OC. The Morgan fingerprint density at radius 3 is 2.12 bits per heavy atom. The Bertz CT molecular complexity index is 1210. The van der Waals surface area contributed by atoms with Gasteiger partial charge in [0, 0.05) is 28.6 Å². The van der Waals surface area contributed by atoms with Crippen LogP contribution in [-0.2, 0) is 0 Å². The van der Waals surface area contributed by atoms with E-state index in [2.05, 4.69) is 15.6 Å². The smallest absolute Gasteiger partial charge is 0.323 e. The van der Waals surface area contributed by atoms with Crippen molar-refractivity contribution in [1.29, 1.82) is 0 Å². The van der Waals surface area contributed by atoms with Gasteiger partial charge in [0.1, 0.15) is 12.0 Å². The van der Waals surface area contributed by atoms with Crippen molar-refractivity contribution in [3.63, 3.8) is 0 Å². The number of anilines is 2. The van der Waals surface area contributed by atoms with Crippen molar-refractivity contribution in [2.45, 2.75) is 6.92 Å². The number of urea groups is 1. The zero-order valence-corrected chi connectivity index (χ0v) is 18.0. The Morgan fingerprint density at radius 1 is 0.812 bits per heavy atom. The minimum absolute atomic E-state index is 0.372. The molecule has 0 aliphatic carbocycles. The second-order valence-corrected chi connectivity index (χ2v) is 7.13. The van der Waals surface area contributed by atoms with Gasteiger partial charge in [-0.15, -0.1) is 0 Å². The Morgan fingerprint density at radius 2 is 1.44 bits per heavy atom. The van der Waals surface area contributed by atoms with Crippen LogP contribution in [0.1, 0.15) is 5.56 Å². The number of hydrogen-bond donors (Lipinski definition) is 2. The minimum atomic E-state index is -0.372. The molecule has 2 amide bonds. The summed E-state index contributed by atoms with van der Waals surface area (Å²) in [6.07, 6.45) is 1.64. The van der Waals surface area contributed by atoms with Crippen LogP contribution >= 0.6 is 0 Å². The van der Waals surface area contributed by atoms with Crippen molar-refractivity contribution in [3.8, 4) is 34.2 Å². The molecular weight excluding hydrogens is 406 g/mol. The first-order valence-corrected chi connectivity index (χ1v) is 9.99. The van der Waals surface area contributed by atoms with Crippen LogP contribution < -0.4 is 20.1 Å². The zero-order valence-electron chi connectivity index (χ0n) is 18.0. The lowest BCUT2D eigenvalue weighted by atomic mass is 10.1. The van der Waals surface area contributed by atoms with Gasteiger partial charge in [0.25, 0.3) is 0 Å². The predicted molar refractivity (Wildman–Crippen MR) is 124 cm³/mol. The maximum atomic E-state index is 12.3. The van der Waals surface area contributed by atoms with Crippen molar-refractivity contribution in [1.82, 2.24) is 4.98 Å². The Labute approximate surface area is 186 Å². The standard InChI is InChI=1S/C25H23N3O4/c1-16-4-6-17(7-5-16)21-15-32-24(28-21)18-8-10-19(11-9-18)26-25(29)27-20-12-13-22(30-2)23(14-20)31-3/h4-15H,1-3H3,(H2,26,27,29). The number of amides is 2. The predicted octanol–water partition coefficient (Wildman–Crippen LogP) is 5.98. The van der Waals surface area contributed by atoms with E-state index in [1.807, 2.05) is 43.3 Å². The van der Waals surface area contributed by atoms with E-state index in [-0.39, 0.29) is 6.03 Å². The fourth-order valence-corrected chi connectivity index (χ4v) is 3.17.